The highest BCUT2D eigenvalue weighted by Gasteiger charge is 2.16. The van der Waals surface area contributed by atoms with Crippen LogP contribution in [0.5, 0.6) is 0 Å². The lowest BCUT2D eigenvalue weighted by atomic mass is 9.94. The van der Waals surface area contributed by atoms with Crippen molar-refractivity contribution in [2.45, 2.75) is 174 Å². The highest BCUT2D eigenvalue weighted by Crippen LogP contribution is 2.16. The zero-order valence-electron chi connectivity index (χ0n) is 23.3. The quantitative estimate of drug-likeness (QED) is 0.0487. The summed E-state index contributed by atoms with van der Waals surface area (Å²) >= 11 is 0. The number of Topliss-reactive ketones (excluding diaryl/α,β-unsaturated/α-hetero) is 1. The number of allylic oxidation sites excluding steroid dienone is 2. The largest absolute Gasteiger partial charge is 0.303 e. The van der Waals surface area contributed by atoms with Crippen LogP contribution in [0.2, 0.25) is 0 Å². The molecule has 0 bridgehead atoms. The number of hydrogen-bond donors (Lipinski definition) is 0. The molecule has 1 atom stereocenters. The molecule has 0 amide bonds. The third-order valence-corrected chi connectivity index (χ3v) is 7.13. The van der Waals surface area contributed by atoms with Gasteiger partial charge >= 0.3 is 0 Å². The zero-order valence-corrected chi connectivity index (χ0v) is 23.3. The van der Waals surface area contributed by atoms with Gasteiger partial charge in [-0.1, -0.05) is 142 Å². The average Bonchev–Trinajstić information content (AvgIpc) is 2.85. The van der Waals surface area contributed by atoms with Crippen LogP contribution in [0.3, 0.4) is 0 Å². The zero-order chi connectivity index (χ0) is 25.0. The maximum absolute atomic E-state index is 12.4. The van der Waals surface area contributed by atoms with Gasteiger partial charge in [0.2, 0.25) is 0 Å². The van der Waals surface area contributed by atoms with Crippen molar-refractivity contribution in [1.29, 1.82) is 0 Å². The van der Waals surface area contributed by atoms with Crippen molar-refractivity contribution in [1.82, 2.24) is 0 Å². The Labute approximate surface area is 214 Å². The Hall–Kier alpha value is -0.920. The van der Waals surface area contributed by atoms with Gasteiger partial charge in [-0.2, -0.15) is 0 Å². The van der Waals surface area contributed by atoms with Crippen molar-refractivity contribution in [3.63, 3.8) is 0 Å². The highest BCUT2D eigenvalue weighted by molar-refractivity contribution is 5.93. The van der Waals surface area contributed by atoms with Crippen LogP contribution in [0.15, 0.2) is 12.2 Å². The van der Waals surface area contributed by atoms with E-state index in [4.69, 9.17) is 0 Å². The summed E-state index contributed by atoms with van der Waals surface area (Å²) in [7, 11) is 0. The maximum Gasteiger partial charge on any atom is 0.143 e. The van der Waals surface area contributed by atoms with Crippen LogP contribution in [0.4, 0.5) is 0 Å². The van der Waals surface area contributed by atoms with Crippen LogP contribution >= 0.6 is 0 Å². The van der Waals surface area contributed by atoms with E-state index in [0.29, 0.717) is 6.42 Å². The number of aldehydes is 1. The Bertz CT molecular complexity index is 454. The van der Waals surface area contributed by atoms with E-state index in [9.17, 15) is 9.59 Å². The molecule has 200 valence electrons. The van der Waals surface area contributed by atoms with Crippen LogP contribution in [-0.2, 0) is 9.59 Å². The second-order valence-electron chi connectivity index (χ2n) is 10.5. The predicted molar refractivity (Wildman–Crippen MR) is 150 cm³/mol. The van der Waals surface area contributed by atoms with Gasteiger partial charge in [-0.05, 0) is 38.5 Å². The number of rotatable bonds is 28. The van der Waals surface area contributed by atoms with Crippen LogP contribution in [0.1, 0.15) is 174 Å². The Morgan fingerprint density at radius 2 is 0.912 bits per heavy atom. The van der Waals surface area contributed by atoms with E-state index in [0.717, 1.165) is 32.0 Å². The molecule has 0 rings (SSSR count). The van der Waals surface area contributed by atoms with E-state index in [1.165, 1.54) is 128 Å². The van der Waals surface area contributed by atoms with Crippen LogP contribution in [0, 0.1) is 5.92 Å². The van der Waals surface area contributed by atoms with E-state index < -0.39 is 0 Å². The van der Waals surface area contributed by atoms with Crippen molar-refractivity contribution < 1.29 is 9.59 Å². The average molecular weight is 477 g/mol. The van der Waals surface area contributed by atoms with Gasteiger partial charge in [0, 0.05) is 6.42 Å². The van der Waals surface area contributed by atoms with Gasteiger partial charge in [-0.15, -0.1) is 0 Å². The summed E-state index contributed by atoms with van der Waals surface area (Å²) in [6.07, 6.45) is 36.4. The molecule has 0 aliphatic rings. The molecule has 0 aromatic heterocycles. The lowest BCUT2D eigenvalue weighted by molar-refractivity contribution is -0.127. The molecule has 0 aliphatic heterocycles. The van der Waals surface area contributed by atoms with Gasteiger partial charge in [-0.25, -0.2) is 0 Å². The lowest BCUT2D eigenvalue weighted by Gasteiger charge is -2.09. The predicted octanol–water partition coefficient (Wildman–Crippen LogP) is 10.7. The molecule has 0 aliphatic carbocycles. The first-order chi connectivity index (χ1) is 16.8. The molecule has 0 spiro atoms. The van der Waals surface area contributed by atoms with Crippen LogP contribution < -0.4 is 0 Å². The minimum absolute atomic E-state index is 0.184. The van der Waals surface area contributed by atoms with Crippen molar-refractivity contribution in [2.75, 3.05) is 0 Å². The topological polar surface area (TPSA) is 34.1 Å². The first-order valence-electron chi connectivity index (χ1n) is 15.4. The fourth-order valence-corrected chi connectivity index (χ4v) is 4.71. The molecule has 1 unspecified atom stereocenters. The fraction of sp³-hybridized carbons (Fsp3) is 0.875. The number of carbonyl (C=O) groups is 2. The molecule has 0 heterocycles. The molecule has 0 N–H and O–H groups in total. The molecule has 2 nitrogen and oxygen atoms in total. The summed E-state index contributed by atoms with van der Waals surface area (Å²) in [6.45, 7) is 4.53. The van der Waals surface area contributed by atoms with E-state index >= 15 is 0 Å². The van der Waals surface area contributed by atoms with E-state index in [-0.39, 0.29) is 11.7 Å². The van der Waals surface area contributed by atoms with Gasteiger partial charge in [-0.3, -0.25) is 4.79 Å². The second kappa shape index (κ2) is 28.3. The Kier molecular flexibility index (Phi) is 27.6. The Morgan fingerprint density at radius 1 is 0.529 bits per heavy atom. The summed E-state index contributed by atoms with van der Waals surface area (Å²) in [5.41, 5.74) is 0. The molecule has 34 heavy (non-hydrogen) atoms. The summed E-state index contributed by atoms with van der Waals surface area (Å²) in [6, 6.07) is 0. The van der Waals surface area contributed by atoms with Crippen molar-refractivity contribution in [3.8, 4) is 0 Å². The molecule has 0 aromatic carbocycles. The Balaban J connectivity index is 3.48. The number of carbonyl (C=O) groups excluding carboxylic acids is 2. The SMILES string of the molecule is CCCCCCCCC=CCCCCCCCC(=O)C(C=O)CCCCCCCCCCCC. The van der Waals surface area contributed by atoms with Gasteiger partial charge in [0.1, 0.15) is 12.1 Å². The second-order valence-corrected chi connectivity index (χ2v) is 10.5. The van der Waals surface area contributed by atoms with E-state index in [2.05, 4.69) is 26.0 Å². The number of ketones is 1. The fourth-order valence-electron chi connectivity index (χ4n) is 4.71. The maximum atomic E-state index is 12.4. The molecule has 0 aromatic rings. The molecule has 0 saturated heterocycles. The van der Waals surface area contributed by atoms with Crippen molar-refractivity contribution in [2.24, 2.45) is 5.92 Å². The molecule has 2 heteroatoms. The molecule has 0 radical (unpaired) electrons. The van der Waals surface area contributed by atoms with Gasteiger partial charge < -0.3 is 4.79 Å². The van der Waals surface area contributed by atoms with Crippen LogP contribution in [-0.4, -0.2) is 12.1 Å². The van der Waals surface area contributed by atoms with Gasteiger partial charge in [0.25, 0.3) is 0 Å². The van der Waals surface area contributed by atoms with Gasteiger partial charge in [0.05, 0.1) is 5.92 Å². The first kappa shape index (κ1) is 33.1. The summed E-state index contributed by atoms with van der Waals surface area (Å²) < 4.78 is 0. The Morgan fingerprint density at radius 3 is 1.35 bits per heavy atom. The highest BCUT2D eigenvalue weighted by atomic mass is 16.1. The normalized spacial score (nSPS) is 12.4. The summed E-state index contributed by atoms with van der Waals surface area (Å²) in [5, 5.41) is 0. The monoisotopic (exact) mass is 476 g/mol. The lowest BCUT2D eigenvalue weighted by Crippen LogP contribution is -2.15. The standard InChI is InChI=1S/C32H60O2/c1-3-5-7-9-11-13-15-16-17-18-19-21-23-25-27-29-32(34)31(30-33)28-26-24-22-20-14-12-10-8-6-4-2/h16-17,30-31H,3-15,18-29H2,1-2H3. The smallest absolute Gasteiger partial charge is 0.143 e. The summed E-state index contributed by atoms with van der Waals surface area (Å²) in [4.78, 5) is 23.7. The van der Waals surface area contributed by atoms with Crippen molar-refractivity contribution >= 4 is 12.1 Å². The molecular formula is C32H60O2. The van der Waals surface area contributed by atoms with Crippen LogP contribution in [0.25, 0.3) is 0 Å². The van der Waals surface area contributed by atoms with E-state index in [1.54, 1.807) is 0 Å². The minimum atomic E-state index is -0.342. The number of hydrogen-bond acceptors (Lipinski definition) is 2. The molecular weight excluding hydrogens is 416 g/mol. The minimum Gasteiger partial charge on any atom is -0.303 e. The first-order valence-corrected chi connectivity index (χ1v) is 15.4. The molecule has 0 fully saturated rings. The van der Waals surface area contributed by atoms with E-state index in [1.807, 2.05) is 0 Å². The number of unbranched alkanes of at least 4 members (excludes halogenated alkanes) is 20. The molecule has 0 saturated carbocycles. The third kappa shape index (κ3) is 24.2. The van der Waals surface area contributed by atoms with Crippen molar-refractivity contribution in [3.05, 3.63) is 12.2 Å². The summed E-state index contributed by atoms with van der Waals surface area (Å²) in [5.74, 6) is -0.158. The third-order valence-electron chi connectivity index (χ3n) is 7.13. The van der Waals surface area contributed by atoms with Gasteiger partial charge in [0.15, 0.2) is 0 Å².